The minimum atomic E-state index is -0.625. The van der Waals surface area contributed by atoms with Crippen LogP contribution in [0.1, 0.15) is 21.5 Å². The van der Waals surface area contributed by atoms with Gasteiger partial charge in [0.25, 0.3) is 5.91 Å². The molecule has 130 valence electrons. The Bertz CT molecular complexity index is 826. The predicted octanol–water partition coefficient (Wildman–Crippen LogP) is 3.48. The van der Waals surface area contributed by atoms with Crippen molar-refractivity contribution in [2.24, 2.45) is 0 Å². The second-order valence-corrected chi connectivity index (χ2v) is 6.04. The molecule has 1 amide bonds. The highest BCUT2D eigenvalue weighted by Gasteiger charge is 2.18. The maximum atomic E-state index is 12.1. The number of benzene rings is 2. The van der Waals surface area contributed by atoms with Gasteiger partial charge in [0.05, 0.1) is 16.3 Å². The summed E-state index contributed by atoms with van der Waals surface area (Å²) in [6.45, 7) is 3.45. The number of carbonyl (C=O) groups excluding carboxylic acids is 2. The largest absolute Gasteiger partial charge is 0.454 e. The summed E-state index contributed by atoms with van der Waals surface area (Å²) in [5, 5.41) is 3.10. The van der Waals surface area contributed by atoms with Crippen molar-refractivity contribution in [1.29, 1.82) is 0 Å². The molecule has 2 aromatic rings. The highest BCUT2D eigenvalue weighted by atomic mass is 35.5. The zero-order valence-corrected chi connectivity index (χ0v) is 14.5. The van der Waals surface area contributed by atoms with E-state index in [0.29, 0.717) is 22.2 Å². The van der Waals surface area contributed by atoms with Crippen molar-refractivity contribution in [2.45, 2.75) is 13.8 Å². The number of nitrogens with one attached hydrogen (secondary N) is 1. The van der Waals surface area contributed by atoms with Crippen LogP contribution in [0.4, 0.5) is 5.69 Å². The van der Waals surface area contributed by atoms with Gasteiger partial charge in [-0.2, -0.15) is 0 Å². The molecule has 7 heteroatoms. The number of rotatable bonds is 4. The summed E-state index contributed by atoms with van der Waals surface area (Å²) in [7, 11) is 0. The summed E-state index contributed by atoms with van der Waals surface area (Å²) < 4.78 is 15.4. The number of anilines is 1. The van der Waals surface area contributed by atoms with Gasteiger partial charge in [-0.1, -0.05) is 17.7 Å². The number of carbonyl (C=O) groups is 2. The standard InChI is InChI=1S/C18H16ClNO5/c1-10-5-11(2)17(13(19)6-10)20-16(21)8-23-18(22)12-3-4-14-15(7-12)25-9-24-14/h3-7H,8-9H2,1-2H3,(H,20,21). The molecule has 6 nitrogen and oxygen atoms in total. The highest BCUT2D eigenvalue weighted by Crippen LogP contribution is 2.32. The van der Waals surface area contributed by atoms with Crippen molar-refractivity contribution < 1.29 is 23.8 Å². The zero-order chi connectivity index (χ0) is 18.0. The Hall–Kier alpha value is -2.73. The summed E-state index contributed by atoms with van der Waals surface area (Å²) >= 11 is 6.14. The van der Waals surface area contributed by atoms with Crippen molar-refractivity contribution in [3.8, 4) is 11.5 Å². The smallest absolute Gasteiger partial charge is 0.338 e. The Morgan fingerprint density at radius 2 is 1.92 bits per heavy atom. The van der Waals surface area contributed by atoms with Crippen LogP contribution in [0.2, 0.25) is 5.02 Å². The molecule has 1 N–H and O–H groups in total. The quantitative estimate of drug-likeness (QED) is 0.844. The lowest BCUT2D eigenvalue weighted by Crippen LogP contribution is -2.21. The molecule has 1 heterocycles. The molecule has 1 aliphatic rings. The Morgan fingerprint density at radius 1 is 1.16 bits per heavy atom. The summed E-state index contributed by atoms with van der Waals surface area (Å²) in [5.41, 5.74) is 2.62. The first kappa shape index (κ1) is 17.1. The lowest BCUT2D eigenvalue weighted by molar-refractivity contribution is -0.119. The molecule has 0 saturated carbocycles. The van der Waals surface area contributed by atoms with E-state index in [-0.39, 0.29) is 12.4 Å². The second-order valence-electron chi connectivity index (χ2n) is 5.63. The van der Waals surface area contributed by atoms with Crippen LogP contribution >= 0.6 is 11.6 Å². The number of fused-ring (bicyclic) bond motifs is 1. The molecule has 2 aromatic carbocycles. The molecule has 0 fully saturated rings. The lowest BCUT2D eigenvalue weighted by Gasteiger charge is -2.12. The minimum absolute atomic E-state index is 0.118. The fraction of sp³-hybridized carbons (Fsp3) is 0.222. The maximum absolute atomic E-state index is 12.1. The van der Waals surface area contributed by atoms with E-state index in [1.54, 1.807) is 18.2 Å². The van der Waals surface area contributed by atoms with E-state index in [0.717, 1.165) is 11.1 Å². The lowest BCUT2D eigenvalue weighted by atomic mass is 10.1. The predicted molar refractivity (Wildman–Crippen MR) is 92.4 cm³/mol. The van der Waals surface area contributed by atoms with Crippen molar-refractivity contribution in [3.05, 3.63) is 52.0 Å². The third-order valence-electron chi connectivity index (χ3n) is 3.64. The van der Waals surface area contributed by atoms with Crippen molar-refractivity contribution in [3.63, 3.8) is 0 Å². The summed E-state index contributed by atoms with van der Waals surface area (Å²) in [4.78, 5) is 24.1. The van der Waals surface area contributed by atoms with Gasteiger partial charge in [0, 0.05) is 0 Å². The molecule has 0 radical (unpaired) electrons. The van der Waals surface area contributed by atoms with Crippen LogP contribution in [0.5, 0.6) is 11.5 Å². The number of esters is 1. The summed E-state index contributed by atoms with van der Waals surface area (Å²) in [6.07, 6.45) is 0. The van der Waals surface area contributed by atoms with Gasteiger partial charge >= 0.3 is 5.97 Å². The Balaban J connectivity index is 1.60. The van der Waals surface area contributed by atoms with Crippen LogP contribution in [0, 0.1) is 13.8 Å². The Kier molecular flexibility index (Phi) is 4.81. The first-order valence-electron chi connectivity index (χ1n) is 7.57. The molecule has 0 saturated heterocycles. The minimum Gasteiger partial charge on any atom is -0.454 e. The molecule has 0 unspecified atom stereocenters. The molecule has 3 rings (SSSR count). The van der Waals surface area contributed by atoms with E-state index in [4.69, 9.17) is 25.8 Å². The molecule has 0 spiro atoms. The normalized spacial score (nSPS) is 12.0. The zero-order valence-electron chi connectivity index (χ0n) is 13.7. The van der Waals surface area contributed by atoms with Gasteiger partial charge in [0.1, 0.15) is 0 Å². The van der Waals surface area contributed by atoms with Gasteiger partial charge in [-0.15, -0.1) is 0 Å². The average molecular weight is 362 g/mol. The molecular formula is C18H16ClNO5. The first-order valence-corrected chi connectivity index (χ1v) is 7.95. The molecular weight excluding hydrogens is 346 g/mol. The number of ether oxygens (including phenoxy) is 3. The summed E-state index contributed by atoms with van der Waals surface area (Å²) in [6, 6.07) is 8.34. The third-order valence-corrected chi connectivity index (χ3v) is 3.94. The van der Waals surface area contributed by atoms with Gasteiger partial charge in [-0.3, -0.25) is 4.79 Å². The number of aryl methyl sites for hydroxylation is 2. The number of hydrogen-bond donors (Lipinski definition) is 1. The number of halogens is 1. The van der Waals surface area contributed by atoms with Gasteiger partial charge in [0.2, 0.25) is 6.79 Å². The number of amides is 1. The van der Waals surface area contributed by atoms with Gasteiger partial charge < -0.3 is 19.5 Å². The van der Waals surface area contributed by atoms with Crippen LogP contribution in [0.25, 0.3) is 0 Å². The monoisotopic (exact) mass is 361 g/mol. The van der Waals surface area contributed by atoms with E-state index in [2.05, 4.69) is 5.32 Å². The van der Waals surface area contributed by atoms with Gasteiger partial charge in [0.15, 0.2) is 18.1 Å². The van der Waals surface area contributed by atoms with Crippen LogP contribution in [-0.2, 0) is 9.53 Å². The molecule has 1 aliphatic heterocycles. The first-order chi connectivity index (χ1) is 11.9. The highest BCUT2D eigenvalue weighted by molar-refractivity contribution is 6.34. The molecule has 0 bridgehead atoms. The fourth-order valence-electron chi connectivity index (χ4n) is 2.49. The van der Waals surface area contributed by atoms with Gasteiger partial charge in [-0.25, -0.2) is 4.79 Å². The third kappa shape index (κ3) is 3.85. The van der Waals surface area contributed by atoms with E-state index in [1.165, 1.54) is 6.07 Å². The van der Waals surface area contributed by atoms with Crippen molar-refractivity contribution >= 4 is 29.2 Å². The second kappa shape index (κ2) is 7.03. The topological polar surface area (TPSA) is 73.9 Å². The van der Waals surface area contributed by atoms with Gasteiger partial charge in [-0.05, 0) is 49.2 Å². The molecule has 25 heavy (non-hydrogen) atoms. The molecule has 0 aliphatic carbocycles. The SMILES string of the molecule is Cc1cc(C)c(NC(=O)COC(=O)c2ccc3c(c2)OCO3)c(Cl)c1. The Morgan fingerprint density at radius 3 is 2.68 bits per heavy atom. The van der Waals surface area contributed by atoms with E-state index in [1.807, 2.05) is 19.9 Å². The fourth-order valence-corrected chi connectivity index (χ4v) is 2.86. The van der Waals surface area contributed by atoms with E-state index >= 15 is 0 Å². The summed E-state index contributed by atoms with van der Waals surface area (Å²) in [5.74, 6) is -0.0529. The number of hydrogen-bond acceptors (Lipinski definition) is 5. The van der Waals surface area contributed by atoms with E-state index in [9.17, 15) is 9.59 Å². The van der Waals surface area contributed by atoms with Crippen LogP contribution in [-0.4, -0.2) is 25.3 Å². The van der Waals surface area contributed by atoms with Crippen LogP contribution < -0.4 is 14.8 Å². The van der Waals surface area contributed by atoms with Crippen molar-refractivity contribution in [1.82, 2.24) is 0 Å². The van der Waals surface area contributed by atoms with Crippen LogP contribution in [0.3, 0.4) is 0 Å². The Labute approximate surface area is 149 Å². The van der Waals surface area contributed by atoms with Crippen LogP contribution in [0.15, 0.2) is 30.3 Å². The van der Waals surface area contributed by atoms with E-state index < -0.39 is 18.5 Å². The molecule has 0 atom stereocenters. The maximum Gasteiger partial charge on any atom is 0.338 e. The average Bonchev–Trinajstić information content (AvgIpc) is 3.03. The van der Waals surface area contributed by atoms with Crippen molar-refractivity contribution in [2.75, 3.05) is 18.7 Å². The molecule has 0 aromatic heterocycles.